The number of rotatable bonds is 7. The van der Waals surface area contributed by atoms with Gasteiger partial charge in [-0.05, 0) is 46.3 Å². The Labute approximate surface area is 133 Å². The van der Waals surface area contributed by atoms with Crippen LogP contribution in [0.5, 0.6) is 0 Å². The lowest BCUT2D eigenvalue weighted by Gasteiger charge is -2.22. The Hall–Kier alpha value is -1.08. The molecule has 0 unspecified atom stereocenters. The summed E-state index contributed by atoms with van der Waals surface area (Å²) in [6.45, 7) is 6.47. The van der Waals surface area contributed by atoms with Crippen molar-refractivity contribution in [2.75, 3.05) is 33.7 Å². The lowest BCUT2D eigenvalue weighted by Crippen LogP contribution is -2.44. The predicted molar refractivity (Wildman–Crippen MR) is 88.3 cm³/mol. The van der Waals surface area contributed by atoms with Crippen LogP contribution in [0.1, 0.15) is 25.7 Å². The first-order chi connectivity index (χ1) is 10.4. The standard InChI is InChI=1S/C15H26N4O2S/c1-4-12-10-15(12)11-19(9-5-8-18(2)3)14(16-15)17-22(20,21)13-6-7-13/h4,12-13H,1,5-11H2,2-3H3,(H,16,17)/t12-,15+/m1/s1. The molecular formula is C15H26N4O2S. The second kappa shape index (κ2) is 5.53. The van der Waals surface area contributed by atoms with Crippen LogP contribution in [0.25, 0.3) is 0 Å². The molecule has 1 spiro atoms. The van der Waals surface area contributed by atoms with Gasteiger partial charge in [0.2, 0.25) is 16.0 Å². The van der Waals surface area contributed by atoms with E-state index in [1.807, 2.05) is 20.2 Å². The number of hydrogen-bond donors (Lipinski definition) is 1. The molecule has 2 aliphatic carbocycles. The first-order valence-electron chi connectivity index (χ1n) is 8.00. The average Bonchev–Trinajstić information content (AvgIpc) is 3.30. The van der Waals surface area contributed by atoms with Crippen LogP contribution < -0.4 is 4.72 Å². The molecule has 0 aromatic carbocycles. The fraction of sp³-hybridized carbons (Fsp3) is 0.800. The number of nitrogens with one attached hydrogen (secondary N) is 1. The average molecular weight is 326 g/mol. The molecule has 3 aliphatic rings. The normalized spacial score (nSPS) is 30.8. The summed E-state index contributed by atoms with van der Waals surface area (Å²) in [6, 6.07) is 0. The third-order valence-corrected chi connectivity index (χ3v) is 6.53. The van der Waals surface area contributed by atoms with Crippen molar-refractivity contribution in [1.82, 2.24) is 14.5 Å². The van der Waals surface area contributed by atoms with Crippen LogP contribution in [0.15, 0.2) is 17.6 Å². The lowest BCUT2D eigenvalue weighted by atomic mass is 10.2. The van der Waals surface area contributed by atoms with E-state index in [0.29, 0.717) is 11.9 Å². The van der Waals surface area contributed by atoms with Gasteiger partial charge in [0.15, 0.2) is 0 Å². The van der Waals surface area contributed by atoms with Crippen LogP contribution in [0.2, 0.25) is 0 Å². The molecule has 1 aliphatic heterocycles. The molecule has 2 saturated carbocycles. The number of hydrogen-bond acceptors (Lipinski definition) is 5. The van der Waals surface area contributed by atoms with Gasteiger partial charge in [-0.2, -0.15) is 0 Å². The summed E-state index contributed by atoms with van der Waals surface area (Å²) in [5.74, 6) is 0.932. The smallest absolute Gasteiger partial charge is 0.237 e. The third kappa shape index (κ3) is 3.15. The maximum Gasteiger partial charge on any atom is 0.237 e. The zero-order valence-electron chi connectivity index (χ0n) is 13.5. The largest absolute Gasteiger partial charge is 0.340 e. The Balaban J connectivity index is 1.68. The summed E-state index contributed by atoms with van der Waals surface area (Å²) in [5, 5.41) is -0.218. The van der Waals surface area contributed by atoms with E-state index < -0.39 is 10.0 Å². The summed E-state index contributed by atoms with van der Waals surface area (Å²) < 4.78 is 27.2. The zero-order valence-corrected chi connectivity index (χ0v) is 14.3. The first-order valence-corrected chi connectivity index (χ1v) is 9.55. The van der Waals surface area contributed by atoms with Crippen LogP contribution in [-0.2, 0) is 10.0 Å². The van der Waals surface area contributed by atoms with Crippen molar-refractivity contribution in [3.05, 3.63) is 12.7 Å². The van der Waals surface area contributed by atoms with Crippen LogP contribution in [-0.4, -0.2) is 68.7 Å². The Morgan fingerprint density at radius 1 is 1.50 bits per heavy atom. The molecule has 124 valence electrons. The van der Waals surface area contributed by atoms with Crippen LogP contribution in [0, 0.1) is 5.92 Å². The number of nitrogens with zero attached hydrogens (tertiary/aromatic N) is 3. The molecule has 0 bridgehead atoms. The summed E-state index contributed by atoms with van der Waals surface area (Å²) >= 11 is 0. The quantitative estimate of drug-likeness (QED) is 0.697. The monoisotopic (exact) mass is 326 g/mol. The molecule has 22 heavy (non-hydrogen) atoms. The van der Waals surface area contributed by atoms with Crippen molar-refractivity contribution >= 4 is 16.0 Å². The minimum Gasteiger partial charge on any atom is -0.340 e. The van der Waals surface area contributed by atoms with Gasteiger partial charge in [-0.1, -0.05) is 6.08 Å². The third-order valence-electron chi connectivity index (χ3n) is 4.71. The van der Waals surface area contributed by atoms with Crippen molar-refractivity contribution in [2.24, 2.45) is 10.9 Å². The van der Waals surface area contributed by atoms with Gasteiger partial charge in [-0.25, -0.2) is 13.4 Å². The van der Waals surface area contributed by atoms with E-state index in [4.69, 9.17) is 4.99 Å². The van der Waals surface area contributed by atoms with E-state index >= 15 is 0 Å². The molecule has 0 saturated heterocycles. The molecule has 3 rings (SSSR count). The Kier molecular flexibility index (Phi) is 3.97. The topological polar surface area (TPSA) is 65.0 Å². The molecule has 0 aromatic rings. The summed E-state index contributed by atoms with van der Waals surface area (Å²) in [5.41, 5.74) is -0.124. The van der Waals surface area contributed by atoms with Gasteiger partial charge in [-0.15, -0.1) is 6.58 Å². The minimum absolute atomic E-state index is 0.124. The Bertz CT molecular complexity index is 582. The fourth-order valence-corrected chi connectivity index (χ4v) is 4.45. The molecule has 2 atom stereocenters. The maximum atomic E-state index is 12.2. The highest BCUT2D eigenvalue weighted by Gasteiger charge is 2.57. The zero-order chi connectivity index (χ0) is 16.0. The van der Waals surface area contributed by atoms with Gasteiger partial charge in [0.05, 0.1) is 10.8 Å². The molecular weight excluding hydrogens is 300 g/mol. The molecule has 0 radical (unpaired) electrons. The molecule has 7 heteroatoms. The van der Waals surface area contributed by atoms with Crippen LogP contribution in [0.4, 0.5) is 0 Å². The molecule has 6 nitrogen and oxygen atoms in total. The highest BCUT2D eigenvalue weighted by atomic mass is 32.2. The van der Waals surface area contributed by atoms with E-state index in [0.717, 1.165) is 45.3 Å². The van der Waals surface area contributed by atoms with E-state index in [-0.39, 0.29) is 10.8 Å². The highest BCUT2D eigenvalue weighted by Crippen LogP contribution is 2.51. The molecule has 0 aromatic heterocycles. The van der Waals surface area contributed by atoms with Crippen molar-refractivity contribution in [3.8, 4) is 0 Å². The van der Waals surface area contributed by atoms with E-state index in [1.165, 1.54) is 0 Å². The minimum atomic E-state index is -3.25. The first kappa shape index (κ1) is 15.8. The van der Waals surface area contributed by atoms with Crippen molar-refractivity contribution in [1.29, 1.82) is 0 Å². The molecule has 1 heterocycles. The summed E-state index contributed by atoms with van der Waals surface area (Å²) in [7, 11) is 0.843. The molecule has 2 fully saturated rings. The second-order valence-electron chi connectivity index (χ2n) is 7.01. The van der Waals surface area contributed by atoms with Crippen LogP contribution >= 0.6 is 0 Å². The number of guanidine groups is 1. The highest BCUT2D eigenvalue weighted by molar-refractivity contribution is 7.90. The SMILES string of the molecule is C=C[C@@H]1C[C@]12CN(CCCN(C)C)C(NS(=O)(=O)C1CC1)=N2. The summed E-state index contributed by atoms with van der Waals surface area (Å²) in [6.07, 6.45) is 5.45. The Morgan fingerprint density at radius 3 is 2.77 bits per heavy atom. The Morgan fingerprint density at radius 2 is 2.23 bits per heavy atom. The van der Waals surface area contributed by atoms with Gasteiger partial charge < -0.3 is 9.80 Å². The summed E-state index contributed by atoms with van der Waals surface area (Å²) in [4.78, 5) is 8.97. The van der Waals surface area contributed by atoms with Gasteiger partial charge in [0.1, 0.15) is 0 Å². The van der Waals surface area contributed by atoms with Gasteiger partial charge in [-0.3, -0.25) is 4.72 Å². The fourth-order valence-electron chi connectivity index (χ4n) is 3.10. The number of sulfonamides is 1. The number of aliphatic imine (C=N–C) groups is 1. The maximum absolute atomic E-state index is 12.2. The van der Waals surface area contributed by atoms with Crippen molar-refractivity contribution < 1.29 is 8.42 Å². The van der Waals surface area contributed by atoms with E-state index in [1.54, 1.807) is 0 Å². The second-order valence-corrected chi connectivity index (χ2v) is 8.97. The van der Waals surface area contributed by atoms with Gasteiger partial charge in [0.25, 0.3) is 0 Å². The molecule has 0 amide bonds. The van der Waals surface area contributed by atoms with Crippen LogP contribution in [0.3, 0.4) is 0 Å². The van der Waals surface area contributed by atoms with Gasteiger partial charge >= 0.3 is 0 Å². The predicted octanol–water partition coefficient (Wildman–Crippen LogP) is 0.636. The van der Waals surface area contributed by atoms with E-state index in [2.05, 4.69) is 21.1 Å². The van der Waals surface area contributed by atoms with E-state index in [9.17, 15) is 8.42 Å². The van der Waals surface area contributed by atoms with Crippen molar-refractivity contribution in [3.63, 3.8) is 0 Å². The molecule has 1 N–H and O–H groups in total. The van der Waals surface area contributed by atoms with Gasteiger partial charge in [0, 0.05) is 19.0 Å². The van der Waals surface area contributed by atoms with Crippen molar-refractivity contribution in [2.45, 2.75) is 36.5 Å². The lowest BCUT2D eigenvalue weighted by molar-refractivity contribution is 0.344.